The van der Waals surface area contributed by atoms with Gasteiger partial charge in [0.15, 0.2) is 0 Å². The number of hydrogen-bond donors (Lipinski definition) is 0. The number of halogens is 1. The number of aryl methyl sites for hydroxylation is 1. The molecule has 5 nitrogen and oxygen atoms in total. The van der Waals surface area contributed by atoms with E-state index in [1.165, 1.54) is 12.3 Å². The van der Waals surface area contributed by atoms with Crippen LogP contribution in [0.4, 0.5) is 0 Å². The fraction of sp³-hybridized carbons (Fsp3) is 0.615. The molecule has 1 aromatic rings. The Bertz CT molecular complexity index is 603. The Labute approximate surface area is 123 Å². The van der Waals surface area contributed by atoms with Crippen molar-refractivity contribution in [3.8, 4) is 0 Å². The minimum absolute atomic E-state index is 0.0239. The van der Waals surface area contributed by atoms with Gasteiger partial charge in [-0.15, -0.1) is 0 Å². The highest BCUT2D eigenvalue weighted by Crippen LogP contribution is 2.25. The molecular weight excluding hydrogens is 300 g/mol. The molecule has 0 aliphatic heterocycles. The van der Waals surface area contributed by atoms with Crippen LogP contribution >= 0.6 is 10.7 Å². The van der Waals surface area contributed by atoms with Gasteiger partial charge < -0.3 is 9.47 Å². The van der Waals surface area contributed by atoms with E-state index in [1.807, 2.05) is 6.92 Å². The van der Waals surface area contributed by atoms with Crippen molar-refractivity contribution in [3.05, 3.63) is 18.0 Å². The molecule has 1 saturated carbocycles. The Balaban J connectivity index is 2.31. The number of nitrogens with zero attached hydrogens (tertiary/aromatic N) is 2. The fourth-order valence-electron chi connectivity index (χ4n) is 2.70. The van der Waals surface area contributed by atoms with Gasteiger partial charge in [-0.25, -0.2) is 8.42 Å². The zero-order chi connectivity index (χ0) is 14.9. The molecule has 7 heteroatoms. The molecule has 2 rings (SSSR count). The Morgan fingerprint density at radius 3 is 2.55 bits per heavy atom. The molecule has 20 heavy (non-hydrogen) atoms. The zero-order valence-corrected chi connectivity index (χ0v) is 13.2. The molecule has 0 bridgehead atoms. The van der Waals surface area contributed by atoms with Crippen LogP contribution in [0.1, 0.15) is 43.1 Å². The highest BCUT2D eigenvalue weighted by atomic mass is 35.7. The number of carbonyl (C=O) groups excluding carboxylic acids is 1. The molecule has 1 amide bonds. The SMILES string of the molecule is CCn1cc(S(=O)(=O)Cl)cc1C(=O)N(C)C1CCCC1. The first kappa shape index (κ1) is 15.4. The summed E-state index contributed by atoms with van der Waals surface area (Å²) >= 11 is 0. The lowest BCUT2D eigenvalue weighted by Gasteiger charge is -2.24. The average Bonchev–Trinajstić information content (AvgIpc) is 3.04. The van der Waals surface area contributed by atoms with Gasteiger partial charge in [0.25, 0.3) is 15.0 Å². The average molecular weight is 319 g/mol. The second-order valence-electron chi connectivity index (χ2n) is 5.14. The predicted molar refractivity (Wildman–Crippen MR) is 77.5 cm³/mol. The maximum Gasteiger partial charge on any atom is 0.270 e. The summed E-state index contributed by atoms with van der Waals surface area (Å²) in [6.07, 6.45) is 5.71. The van der Waals surface area contributed by atoms with E-state index in [9.17, 15) is 13.2 Å². The van der Waals surface area contributed by atoms with Gasteiger partial charge >= 0.3 is 0 Å². The lowest BCUT2D eigenvalue weighted by atomic mass is 10.2. The third kappa shape index (κ3) is 3.01. The Morgan fingerprint density at radius 2 is 2.05 bits per heavy atom. The van der Waals surface area contributed by atoms with Crippen molar-refractivity contribution in [2.24, 2.45) is 0 Å². The molecule has 0 saturated heterocycles. The highest BCUT2D eigenvalue weighted by Gasteiger charge is 2.27. The van der Waals surface area contributed by atoms with Crippen molar-refractivity contribution in [2.45, 2.75) is 50.1 Å². The van der Waals surface area contributed by atoms with Gasteiger partial charge in [0.05, 0.1) is 0 Å². The van der Waals surface area contributed by atoms with Crippen LogP contribution in [0.5, 0.6) is 0 Å². The van der Waals surface area contributed by atoms with Gasteiger partial charge in [-0.2, -0.15) is 0 Å². The first-order valence-electron chi connectivity index (χ1n) is 6.76. The predicted octanol–water partition coefficient (Wildman–Crippen LogP) is 2.45. The van der Waals surface area contributed by atoms with E-state index in [-0.39, 0.29) is 16.8 Å². The molecule has 0 spiro atoms. The second kappa shape index (κ2) is 5.77. The van der Waals surface area contributed by atoms with Crippen LogP contribution in [0.25, 0.3) is 0 Å². The minimum Gasteiger partial charge on any atom is -0.342 e. The van der Waals surface area contributed by atoms with Crippen LogP contribution < -0.4 is 0 Å². The molecule has 1 aliphatic rings. The summed E-state index contributed by atoms with van der Waals surface area (Å²) in [5, 5.41) is 0. The first-order valence-corrected chi connectivity index (χ1v) is 9.07. The van der Waals surface area contributed by atoms with E-state index in [0.29, 0.717) is 12.2 Å². The van der Waals surface area contributed by atoms with Crippen molar-refractivity contribution in [2.75, 3.05) is 7.05 Å². The maximum atomic E-state index is 12.5. The van der Waals surface area contributed by atoms with Gasteiger partial charge in [-0.3, -0.25) is 4.79 Å². The molecule has 0 radical (unpaired) electrons. The number of aromatic nitrogens is 1. The van der Waals surface area contributed by atoms with E-state index >= 15 is 0 Å². The standard InChI is InChI=1S/C13H19ClN2O3S/c1-3-16-9-11(20(14,18)19)8-12(16)13(17)15(2)10-6-4-5-7-10/h8-10H,3-7H2,1-2H3. The highest BCUT2D eigenvalue weighted by molar-refractivity contribution is 8.13. The van der Waals surface area contributed by atoms with Crippen LogP contribution in [0.15, 0.2) is 17.2 Å². The van der Waals surface area contributed by atoms with E-state index in [4.69, 9.17) is 10.7 Å². The Morgan fingerprint density at radius 1 is 1.45 bits per heavy atom. The number of hydrogen-bond acceptors (Lipinski definition) is 3. The van der Waals surface area contributed by atoms with Gasteiger partial charge in [0.1, 0.15) is 10.6 Å². The molecule has 0 atom stereocenters. The Hall–Kier alpha value is -1.01. The molecule has 1 aromatic heterocycles. The molecule has 0 N–H and O–H groups in total. The molecule has 1 aliphatic carbocycles. The molecule has 112 valence electrons. The van der Waals surface area contributed by atoms with Crippen LogP contribution in [0.3, 0.4) is 0 Å². The zero-order valence-electron chi connectivity index (χ0n) is 11.7. The number of amides is 1. The summed E-state index contributed by atoms with van der Waals surface area (Å²) in [6, 6.07) is 1.61. The molecule has 1 heterocycles. The third-order valence-corrected chi connectivity index (χ3v) is 5.23. The van der Waals surface area contributed by atoms with Crippen molar-refractivity contribution < 1.29 is 13.2 Å². The second-order valence-corrected chi connectivity index (χ2v) is 7.71. The van der Waals surface area contributed by atoms with Gasteiger partial charge in [-0.1, -0.05) is 12.8 Å². The molecular formula is C13H19ClN2O3S. The van der Waals surface area contributed by atoms with E-state index in [0.717, 1.165) is 25.7 Å². The lowest BCUT2D eigenvalue weighted by Crippen LogP contribution is -2.36. The fourth-order valence-corrected chi connectivity index (χ4v) is 3.45. The topological polar surface area (TPSA) is 59.4 Å². The van der Waals surface area contributed by atoms with Crippen LogP contribution in [-0.4, -0.2) is 36.9 Å². The quantitative estimate of drug-likeness (QED) is 0.801. The van der Waals surface area contributed by atoms with Gasteiger partial charge in [0, 0.05) is 36.5 Å². The van der Waals surface area contributed by atoms with Gasteiger partial charge in [0.2, 0.25) is 0 Å². The van der Waals surface area contributed by atoms with Crippen molar-refractivity contribution in [3.63, 3.8) is 0 Å². The lowest BCUT2D eigenvalue weighted by molar-refractivity contribution is 0.0724. The van der Waals surface area contributed by atoms with Crippen molar-refractivity contribution >= 4 is 25.6 Å². The van der Waals surface area contributed by atoms with Crippen molar-refractivity contribution in [1.82, 2.24) is 9.47 Å². The minimum atomic E-state index is -3.81. The molecule has 0 unspecified atom stereocenters. The summed E-state index contributed by atoms with van der Waals surface area (Å²) in [7, 11) is 3.31. The normalized spacial score (nSPS) is 16.6. The van der Waals surface area contributed by atoms with Gasteiger partial charge in [-0.05, 0) is 25.8 Å². The summed E-state index contributed by atoms with van der Waals surface area (Å²) in [5.74, 6) is -0.148. The van der Waals surface area contributed by atoms with E-state index < -0.39 is 9.05 Å². The largest absolute Gasteiger partial charge is 0.342 e. The monoisotopic (exact) mass is 318 g/mol. The third-order valence-electron chi connectivity index (χ3n) is 3.91. The smallest absolute Gasteiger partial charge is 0.270 e. The van der Waals surface area contributed by atoms with E-state index in [1.54, 1.807) is 16.5 Å². The summed E-state index contributed by atoms with van der Waals surface area (Å²) in [4.78, 5) is 14.2. The summed E-state index contributed by atoms with van der Waals surface area (Å²) in [5.41, 5.74) is 0.376. The first-order chi connectivity index (χ1) is 9.34. The van der Waals surface area contributed by atoms with E-state index in [2.05, 4.69) is 0 Å². The van der Waals surface area contributed by atoms with Crippen LogP contribution in [0, 0.1) is 0 Å². The number of carbonyl (C=O) groups is 1. The van der Waals surface area contributed by atoms with Crippen LogP contribution in [0.2, 0.25) is 0 Å². The number of rotatable bonds is 4. The van der Waals surface area contributed by atoms with Crippen molar-refractivity contribution in [1.29, 1.82) is 0 Å². The Kier molecular flexibility index (Phi) is 4.44. The molecule has 1 fully saturated rings. The van der Waals surface area contributed by atoms with Crippen LogP contribution in [-0.2, 0) is 15.6 Å². The summed E-state index contributed by atoms with van der Waals surface area (Å²) < 4.78 is 24.4. The maximum absolute atomic E-state index is 12.5. The summed E-state index contributed by atoms with van der Waals surface area (Å²) in [6.45, 7) is 2.38. The molecule has 0 aromatic carbocycles.